The van der Waals surface area contributed by atoms with E-state index >= 15 is 0 Å². The number of halogens is 3. The van der Waals surface area contributed by atoms with Crippen LogP contribution < -0.4 is 10.1 Å². The number of aromatic nitrogens is 3. The Morgan fingerprint density at radius 1 is 1.14 bits per heavy atom. The van der Waals surface area contributed by atoms with Gasteiger partial charge in [-0.15, -0.1) is 18.3 Å². The summed E-state index contributed by atoms with van der Waals surface area (Å²) in [7, 11) is 0. The molecule has 0 unspecified atom stereocenters. The lowest BCUT2D eigenvalue weighted by Gasteiger charge is -2.25. The van der Waals surface area contributed by atoms with Gasteiger partial charge in [-0.25, -0.2) is 9.50 Å². The molecule has 6 nitrogen and oxygen atoms in total. The Balaban J connectivity index is 1.54. The number of nitrogens with zero attached hydrogens (tertiary/aromatic N) is 3. The lowest BCUT2D eigenvalue weighted by molar-refractivity contribution is -0.274. The fourth-order valence-corrected chi connectivity index (χ4v) is 3.61. The Morgan fingerprint density at radius 2 is 1.93 bits per heavy atom. The molecule has 0 amide bonds. The maximum absolute atomic E-state index is 12.5. The van der Waals surface area contributed by atoms with Crippen LogP contribution in [0, 0.1) is 5.92 Å². The maximum atomic E-state index is 12.5. The molecule has 1 saturated carbocycles. The smallest absolute Gasteiger partial charge is 0.406 e. The molecule has 0 radical (unpaired) electrons. The minimum absolute atomic E-state index is 0.189. The topological polar surface area (TPSA) is 71.7 Å². The van der Waals surface area contributed by atoms with Crippen molar-refractivity contribution in [2.75, 3.05) is 11.9 Å². The SMILES string of the molecule is OC1CCC(CNc2ccc3ncc(-c4cccc(OC(F)(F)F)c4)n3n2)CC1. The van der Waals surface area contributed by atoms with Crippen molar-refractivity contribution < 1.29 is 23.0 Å². The Morgan fingerprint density at radius 3 is 2.69 bits per heavy atom. The first-order chi connectivity index (χ1) is 13.9. The Bertz CT molecular complexity index is 981. The van der Waals surface area contributed by atoms with Gasteiger partial charge >= 0.3 is 6.36 Å². The van der Waals surface area contributed by atoms with Gasteiger partial charge in [-0.05, 0) is 55.9 Å². The van der Waals surface area contributed by atoms with Crippen molar-refractivity contribution in [3.05, 3.63) is 42.6 Å². The lowest BCUT2D eigenvalue weighted by Crippen LogP contribution is -2.23. The molecule has 0 atom stereocenters. The van der Waals surface area contributed by atoms with Crippen molar-refractivity contribution in [2.24, 2.45) is 5.92 Å². The molecule has 0 aliphatic heterocycles. The summed E-state index contributed by atoms with van der Waals surface area (Å²) in [6.45, 7) is 0.754. The van der Waals surface area contributed by atoms with Gasteiger partial charge in [0, 0.05) is 12.1 Å². The largest absolute Gasteiger partial charge is 0.573 e. The third-order valence-electron chi connectivity index (χ3n) is 5.11. The van der Waals surface area contributed by atoms with Gasteiger partial charge in [0.2, 0.25) is 0 Å². The van der Waals surface area contributed by atoms with E-state index in [0.717, 1.165) is 32.2 Å². The maximum Gasteiger partial charge on any atom is 0.573 e. The number of ether oxygens (including phenoxy) is 1. The van der Waals surface area contributed by atoms with Crippen LogP contribution in [0.2, 0.25) is 0 Å². The van der Waals surface area contributed by atoms with Crippen molar-refractivity contribution in [3.8, 4) is 17.0 Å². The molecule has 1 aliphatic rings. The van der Waals surface area contributed by atoms with Gasteiger partial charge in [0.25, 0.3) is 0 Å². The number of aliphatic hydroxyl groups is 1. The number of rotatable bonds is 5. The summed E-state index contributed by atoms with van der Waals surface area (Å²) < 4.78 is 43.1. The zero-order chi connectivity index (χ0) is 20.4. The van der Waals surface area contributed by atoms with Crippen LogP contribution in [0.15, 0.2) is 42.6 Å². The van der Waals surface area contributed by atoms with E-state index in [1.54, 1.807) is 22.8 Å². The average Bonchev–Trinajstić information content (AvgIpc) is 3.10. The number of aliphatic hydroxyl groups excluding tert-OH is 1. The summed E-state index contributed by atoms with van der Waals surface area (Å²) in [6.07, 6.45) is 0.217. The Labute approximate surface area is 165 Å². The van der Waals surface area contributed by atoms with E-state index < -0.39 is 6.36 Å². The van der Waals surface area contributed by atoms with E-state index in [4.69, 9.17) is 0 Å². The second kappa shape index (κ2) is 7.90. The van der Waals surface area contributed by atoms with Gasteiger partial charge in [-0.3, -0.25) is 0 Å². The molecule has 0 bridgehead atoms. The molecule has 1 aliphatic carbocycles. The summed E-state index contributed by atoms with van der Waals surface area (Å²) in [4.78, 5) is 4.28. The molecule has 4 rings (SSSR count). The molecule has 0 saturated heterocycles. The van der Waals surface area contributed by atoms with Gasteiger partial charge in [0.05, 0.1) is 18.0 Å². The number of alkyl halides is 3. The summed E-state index contributed by atoms with van der Waals surface area (Å²) in [6, 6.07) is 9.37. The lowest BCUT2D eigenvalue weighted by atomic mass is 9.87. The minimum Gasteiger partial charge on any atom is -0.406 e. The molecule has 9 heteroatoms. The van der Waals surface area contributed by atoms with E-state index in [1.807, 2.05) is 6.07 Å². The van der Waals surface area contributed by atoms with Crippen LogP contribution in [-0.4, -0.2) is 38.7 Å². The van der Waals surface area contributed by atoms with Crippen LogP contribution in [-0.2, 0) is 0 Å². The van der Waals surface area contributed by atoms with Gasteiger partial charge in [0.15, 0.2) is 5.65 Å². The monoisotopic (exact) mass is 406 g/mol. The molecule has 0 spiro atoms. The van der Waals surface area contributed by atoms with Crippen LogP contribution in [0.4, 0.5) is 19.0 Å². The number of anilines is 1. The highest BCUT2D eigenvalue weighted by molar-refractivity contribution is 5.65. The van der Waals surface area contributed by atoms with E-state index in [1.165, 1.54) is 18.2 Å². The van der Waals surface area contributed by atoms with E-state index in [0.29, 0.717) is 28.6 Å². The molecule has 29 heavy (non-hydrogen) atoms. The third-order valence-corrected chi connectivity index (χ3v) is 5.11. The highest BCUT2D eigenvalue weighted by atomic mass is 19.4. The van der Waals surface area contributed by atoms with Crippen molar-refractivity contribution in [1.29, 1.82) is 0 Å². The number of hydrogen-bond donors (Lipinski definition) is 2. The molecule has 3 aromatic rings. The van der Waals surface area contributed by atoms with Crippen molar-refractivity contribution in [2.45, 2.75) is 38.1 Å². The zero-order valence-electron chi connectivity index (χ0n) is 15.6. The first kappa shape index (κ1) is 19.5. The molecular weight excluding hydrogens is 385 g/mol. The fourth-order valence-electron chi connectivity index (χ4n) is 3.61. The highest BCUT2D eigenvalue weighted by Crippen LogP contribution is 2.29. The number of nitrogens with one attached hydrogen (secondary N) is 1. The quantitative estimate of drug-likeness (QED) is 0.663. The standard InChI is InChI=1S/C20H21F3N4O2/c21-20(22,23)29-16-3-1-2-14(10-16)17-12-25-19-9-8-18(26-27(17)19)24-11-13-4-6-15(28)7-5-13/h1-3,8-10,12-13,15,28H,4-7,11H2,(H,24,26). The van der Waals surface area contributed by atoms with Gasteiger partial charge in [0.1, 0.15) is 11.6 Å². The summed E-state index contributed by atoms with van der Waals surface area (Å²) in [5.41, 5.74) is 1.68. The molecular formula is C20H21F3N4O2. The third kappa shape index (κ3) is 4.79. The second-order valence-electron chi connectivity index (χ2n) is 7.26. The van der Waals surface area contributed by atoms with Gasteiger partial charge in [-0.2, -0.15) is 0 Å². The van der Waals surface area contributed by atoms with Crippen LogP contribution in [0.5, 0.6) is 5.75 Å². The van der Waals surface area contributed by atoms with Crippen molar-refractivity contribution in [1.82, 2.24) is 14.6 Å². The fraction of sp³-hybridized carbons (Fsp3) is 0.400. The van der Waals surface area contributed by atoms with Crippen LogP contribution in [0.3, 0.4) is 0 Å². The summed E-state index contributed by atoms with van der Waals surface area (Å²) in [5.74, 6) is 0.846. The highest BCUT2D eigenvalue weighted by Gasteiger charge is 2.31. The number of imidazole rings is 1. The average molecular weight is 406 g/mol. The van der Waals surface area contributed by atoms with E-state index in [2.05, 4.69) is 20.1 Å². The predicted molar refractivity (Wildman–Crippen MR) is 102 cm³/mol. The van der Waals surface area contributed by atoms with E-state index in [-0.39, 0.29) is 11.9 Å². The van der Waals surface area contributed by atoms with E-state index in [9.17, 15) is 18.3 Å². The number of benzene rings is 1. The predicted octanol–water partition coefficient (Wildman–Crippen LogP) is 4.26. The first-order valence-corrected chi connectivity index (χ1v) is 9.50. The van der Waals surface area contributed by atoms with Gasteiger partial charge in [-0.1, -0.05) is 12.1 Å². The number of hydrogen-bond acceptors (Lipinski definition) is 5. The van der Waals surface area contributed by atoms with Crippen LogP contribution in [0.25, 0.3) is 16.9 Å². The van der Waals surface area contributed by atoms with Gasteiger partial charge < -0.3 is 15.2 Å². The Hall–Kier alpha value is -2.81. The molecule has 2 N–H and O–H groups in total. The number of fused-ring (bicyclic) bond motifs is 1. The molecule has 1 fully saturated rings. The molecule has 1 aromatic carbocycles. The zero-order valence-corrected chi connectivity index (χ0v) is 15.6. The Kier molecular flexibility index (Phi) is 5.31. The van der Waals surface area contributed by atoms with Crippen molar-refractivity contribution >= 4 is 11.5 Å². The minimum atomic E-state index is -4.75. The molecule has 2 aromatic heterocycles. The summed E-state index contributed by atoms with van der Waals surface area (Å²) >= 11 is 0. The first-order valence-electron chi connectivity index (χ1n) is 9.50. The van der Waals surface area contributed by atoms with Crippen LogP contribution in [0.1, 0.15) is 25.7 Å². The normalized spacial score (nSPS) is 20.0. The summed E-state index contributed by atoms with van der Waals surface area (Å²) in [5, 5.41) is 17.5. The molecule has 2 heterocycles. The molecule has 154 valence electrons. The van der Waals surface area contributed by atoms with Crippen LogP contribution >= 0.6 is 0 Å². The van der Waals surface area contributed by atoms with Crippen molar-refractivity contribution in [3.63, 3.8) is 0 Å². The second-order valence-corrected chi connectivity index (χ2v) is 7.26.